The number of carbonyl (C=O) groups excluding carboxylic acids is 1. The Labute approximate surface area is 175 Å². The van der Waals surface area contributed by atoms with E-state index < -0.39 is 0 Å². The van der Waals surface area contributed by atoms with E-state index >= 15 is 0 Å². The molecule has 2 rings (SSSR count). The number of Topliss-reactive ketones (excluding diaryl/α,β-unsaturated/α-hetero) is 1. The highest BCUT2D eigenvalue weighted by atomic mass is 16.5. The van der Waals surface area contributed by atoms with Crippen LogP contribution in [0.5, 0.6) is 11.5 Å². The van der Waals surface area contributed by atoms with Crippen LogP contribution in [0.4, 0.5) is 0 Å². The Balaban J connectivity index is 2.04. The minimum atomic E-state index is -0.131. The molecule has 0 heterocycles. The lowest BCUT2D eigenvalue weighted by molar-refractivity contribution is -0.115. The summed E-state index contributed by atoms with van der Waals surface area (Å²) < 4.78 is 11.9. The highest BCUT2D eigenvalue weighted by Crippen LogP contribution is 2.29. The number of ether oxygens (including phenoxy) is 2. The second-order valence-corrected chi connectivity index (χ2v) is 7.65. The van der Waals surface area contributed by atoms with Crippen LogP contribution in [0.2, 0.25) is 0 Å². The summed E-state index contributed by atoms with van der Waals surface area (Å²) in [6.07, 6.45) is 2.67. The van der Waals surface area contributed by atoms with Crippen molar-refractivity contribution in [2.24, 2.45) is 0 Å². The molecule has 0 atom stereocenters. The van der Waals surface area contributed by atoms with Crippen molar-refractivity contribution in [3.05, 3.63) is 65.9 Å². The van der Waals surface area contributed by atoms with Crippen LogP contribution in [-0.2, 0) is 4.79 Å². The van der Waals surface area contributed by atoms with Crippen LogP contribution >= 0.6 is 0 Å². The molecule has 0 amide bonds. The van der Waals surface area contributed by atoms with E-state index in [1.165, 1.54) is 6.92 Å². The normalized spacial score (nSPS) is 11.9. The van der Waals surface area contributed by atoms with Gasteiger partial charge in [0.1, 0.15) is 0 Å². The summed E-state index contributed by atoms with van der Waals surface area (Å²) in [5.74, 6) is 1.36. The quantitative estimate of drug-likeness (QED) is 0.283. The van der Waals surface area contributed by atoms with Crippen LogP contribution in [0.1, 0.15) is 46.6 Å². The van der Waals surface area contributed by atoms with Gasteiger partial charge in [-0.25, -0.2) is 0 Å². The molecule has 0 saturated heterocycles. The maximum atomic E-state index is 12.1. The van der Waals surface area contributed by atoms with Crippen LogP contribution < -0.4 is 9.47 Å². The highest BCUT2D eigenvalue weighted by Gasteiger charge is 2.14. The predicted octanol–water partition coefficient (Wildman–Crippen LogP) is 5.58. The van der Waals surface area contributed by atoms with E-state index in [1.54, 1.807) is 6.08 Å². The fourth-order valence-corrected chi connectivity index (χ4v) is 3.22. The monoisotopic (exact) mass is 395 g/mol. The van der Waals surface area contributed by atoms with E-state index in [2.05, 4.69) is 32.6 Å². The first-order chi connectivity index (χ1) is 13.9. The van der Waals surface area contributed by atoms with Crippen molar-refractivity contribution in [1.82, 2.24) is 4.90 Å². The van der Waals surface area contributed by atoms with Crippen LogP contribution in [0, 0.1) is 0 Å². The van der Waals surface area contributed by atoms with Crippen LogP contribution in [0.25, 0.3) is 6.08 Å². The van der Waals surface area contributed by atoms with Crippen molar-refractivity contribution in [3.8, 4) is 11.5 Å². The first-order valence-electron chi connectivity index (χ1n) is 10.3. The average Bonchev–Trinajstić information content (AvgIpc) is 2.68. The topological polar surface area (TPSA) is 38.8 Å². The molecule has 4 nitrogen and oxygen atoms in total. The summed E-state index contributed by atoms with van der Waals surface area (Å²) in [5.41, 5.74) is 0.915. The lowest BCUT2D eigenvalue weighted by Crippen LogP contribution is -2.38. The van der Waals surface area contributed by atoms with Crippen molar-refractivity contribution >= 4 is 11.9 Å². The van der Waals surface area contributed by atoms with Gasteiger partial charge in [0, 0.05) is 25.6 Å². The largest absolute Gasteiger partial charge is 0.490 e. The number of benzene rings is 2. The molecule has 0 aliphatic carbocycles. The molecule has 0 bridgehead atoms. The summed E-state index contributed by atoms with van der Waals surface area (Å²) in [6.45, 7) is 11.9. The van der Waals surface area contributed by atoms with Gasteiger partial charge in [-0.3, -0.25) is 9.69 Å². The molecule has 0 N–H and O–H groups in total. The molecule has 2 aromatic carbocycles. The van der Waals surface area contributed by atoms with Gasteiger partial charge in [-0.05, 0) is 57.9 Å². The van der Waals surface area contributed by atoms with Gasteiger partial charge in [0.2, 0.25) is 0 Å². The van der Waals surface area contributed by atoms with Crippen molar-refractivity contribution in [3.63, 3.8) is 0 Å². The van der Waals surface area contributed by atoms with Crippen molar-refractivity contribution in [1.29, 1.82) is 0 Å². The van der Waals surface area contributed by atoms with E-state index in [1.807, 2.05) is 54.6 Å². The maximum Gasteiger partial charge on any atom is 0.194 e. The van der Waals surface area contributed by atoms with E-state index in [9.17, 15) is 4.79 Å². The van der Waals surface area contributed by atoms with E-state index in [4.69, 9.17) is 9.47 Å². The van der Waals surface area contributed by atoms with Crippen molar-refractivity contribution < 1.29 is 14.3 Å². The molecule has 29 heavy (non-hydrogen) atoms. The second kappa shape index (κ2) is 11.4. The smallest absolute Gasteiger partial charge is 0.194 e. The van der Waals surface area contributed by atoms with Gasteiger partial charge < -0.3 is 9.47 Å². The van der Waals surface area contributed by atoms with Gasteiger partial charge in [0.05, 0.1) is 6.61 Å². The molecular formula is C25H33NO3. The third kappa shape index (κ3) is 7.39. The summed E-state index contributed by atoms with van der Waals surface area (Å²) in [6, 6.07) is 18.2. The molecule has 0 aliphatic rings. The van der Waals surface area contributed by atoms with Crippen LogP contribution in [0.3, 0.4) is 0 Å². The first-order valence-corrected chi connectivity index (χ1v) is 10.3. The van der Waals surface area contributed by atoms with Gasteiger partial charge in [0.25, 0.3) is 0 Å². The standard InChI is InChI=1S/C25H33NO3/c1-19(2)26(20(3)4)16-11-17-28-23-14-9-10-15-24(23)29-25(21(5)27)18-22-12-7-6-8-13-22/h6-10,12-15,18-20H,11,16-17H2,1-5H3/b25-18+. The Kier molecular flexibility index (Phi) is 8.94. The second-order valence-electron chi connectivity index (χ2n) is 7.65. The number of allylic oxidation sites excluding steroid dienone is 1. The van der Waals surface area contributed by atoms with Gasteiger partial charge >= 0.3 is 0 Å². The zero-order valence-electron chi connectivity index (χ0n) is 18.2. The SMILES string of the molecule is CC(=O)/C(=C\c1ccccc1)Oc1ccccc1OCCCN(C(C)C)C(C)C. The number of ketones is 1. The van der Waals surface area contributed by atoms with Gasteiger partial charge in [-0.15, -0.1) is 0 Å². The maximum absolute atomic E-state index is 12.1. The molecule has 0 aromatic heterocycles. The molecule has 0 saturated carbocycles. The predicted molar refractivity (Wildman–Crippen MR) is 119 cm³/mol. The van der Waals surface area contributed by atoms with E-state index in [-0.39, 0.29) is 11.5 Å². The van der Waals surface area contributed by atoms with Gasteiger partial charge in [-0.1, -0.05) is 42.5 Å². The lowest BCUT2D eigenvalue weighted by atomic mass is 10.2. The Bertz CT molecular complexity index is 789. The Morgan fingerprint density at radius 1 is 0.931 bits per heavy atom. The van der Waals surface area contributed by atoms with Crippen molar-refractivity contribution in [2.75, 3.05) is 13.2 Å². The van der Waals surface area contributed by atoms with E-state index in [0.29, 0.717) is 30.2 Å². The summed E-state index contributed by atoms with van der Waals surface area (Å²) in [4.78, 5) is 14.5. The number of rotatable bonds is 11. The molecule has 0 radical (unpaired) electrons. The molecule has 2 aromatic rings. The zero-order valence-corrected chi connectivity index (χ0v) is 18.2. The lowest BCUT2D eigenvalue weighted by Gasteiger charge is -2.30. The van der Waals surface area contributed by atoms with Gasteiger partial charge in [0.15, 0.2) is 23.0 Å². The number of hydrogen-bond acceptors (Lipinski definition) is 4. The number of nitrogens with zero attached hydrogens (tertiary/aromatic N) is 1. The average molecular weight is 396 g/mol. The number of hydrogen-bond donors (Lipinski definition) is 0. The number of carbonyl (C=O) groups is 1. The number of para-hydroxylation sites is 2. The van der Waals surface area contributed by atoms with Crippen molar-refractivity contribution in [2.45, 2.75) is 53.1 Å². The molecule has 156 valence electrons. The third-order valence-electron chi connectivity index (χ3n) is 4.66. The minimum absolute atomic E-state index is 0.131. The molecule has 0 fully saturated rings. The fraction of sp³-hybridized carbons (Fsp3) is 0.400. The Hall–Kier alpha value is -2.59. The molecule has 0 spiro atoms. The van der Waals surface area contributed by atoms with Gasteiger partial charge in [-0.2, -0.15) is 0 Å². The van der Waals surface area contributed by atoms with Crippen LogP contribution in [0.15, 0.2) is 60.4 Å². The Morgan fingerprint density at radius 3 is 2.10 bits per heavy atom. The molecule has 0 aliphatic heterocycles. The minimum Gasteiger partial charge on any atom is -0.490 e. The summed E-state index contributed by atoms with van der Waals surface area (Å²) in [7, 11) is 0. The summed E-state index contributed by atoms with van der Waals surface area (Å²) in [5, 5.41) is 0. The Morgan fingerprint density at radius 2 is 1.52 bits per heavy atom. The zero-order chi connectivity index (χ0) is 21.2. The van der Waals surface area contributed by atoms with Crippen LogP contribution in [-0.4, -0.2) is 35.9 Å². The third-order valence-corrected chi connectivity index (χ3v) is 4.66. The highest BCUT2D eigenvalue weighted by molar-refractivity contribution is 5.96. The molecule has 0 unspecified atom stereocenters. The molecule has 4 heteroatoms. The van der Waals surface area contributed by atoms with E-state index in [0.717, 1.165) is 18.5 Å². The first kappa shape index (κ1) is 22.7. The summed E-state index contributed by atoms with van der Waals surface area (Å²) >= 11 is 0. The fourth-order valence-electron chi connectivity index (χ4n) is 3.22. The molecular weight excluding hydrogens is 362 g/mol.